The Kier molecular flexibility index (Phi) is 8.46. The maximum atomic E-state index is 14.1. The van der Waals surface area contributed by atoms with Crippen molar-refractivity contribution < 1.29 is 28.4 Å². The molecule has 10 heteroatoms. The number of carbonyl (C=O) groups is 3. The Morgan fingerprint density at radius 3 is 2.79 bits per heavy atom. The van der Waals surface area contributed by atoms with Crippen LogP contribution in [0.5, 0.6) is 0 Å². The van der Waals surface area contributed by atoms with Gasteiger partial charge in [-0.1, -0.05) is 25.6 Å². The number of esters is 2. The molecule has 2 aromatic rings. The number of thiophene rings is 1. The summed E-state index contributed by atoms with van der Waals surface area (Å²) in [5.41, 5.74) is 0.732. The Labute approximate surface area is 197 Å². The van der Waals surface area contributed by atoms with Crippen LogP contribution in [0.1, 0.15) is 48.3 Å². The first kappa shape index (κ1) is 25.1. The quantitative estimate of drug-likeness (QED) is 0.280. The Hall–Kier alpha value is -2.48. The third-order valence-electron chi connectivity index (χ3n) is 5.15. The smallest absolute Gasteiger partial charge is 0.348 e. The van der Waals surface area contributed by atoms with Crippen molar-refractivity contribution in [2.45, 2.75) is 45.3 Å². The summed E-state index contributed by atoms with van der Waals surface area (Å²) in [6.07, 6.45) is 3.21. The zero-order valence-electron chi connectivity index (χ0n) is 18.9. The van der Waals surface area contributed by atoms with E-state index in [2.05, 4.69) is 11.7 Å². The summed E-state index contributed by atoms with van der Waals surface area (Å²) >= 11 is 1.31. The number of nitrogens with one attached hydrogen (secondary N) is 1. The molecule has 1 aromatic heterocycles. The van der Waals surface area contributed by atoms with Gasteiger partial charge in [0.05, 0.1) is 12.8 Å². The molecule has 0 bridgehead atoms. The van der Waals surface area contributed by atoms with Crippen molar-refractivity contribution in [3.63, 3.8) is 0 Å². The molecule has 2 heterocycles. The first-order valence-electron chi connectivity index (χ1n) is 10.9. The highest BCUT2D eigenvalue weighted by molar-refractivity contribution is 7.59. The average molecular weight is 493 g/mol. The Morgan fingerprint density at radius 2 is 2.12 bits per heavy atom. The number of nitrogens with zero attached hydrogens (tertiary/aromatic N) is 1. The molecule has 0 radical (unpaired) electrons. The zero-order valence-corrected chi connectivity index (χ0v) is 20.6. The summed E-state index contributed by atoms with van der Waals surface area (Å²) in [4.78, 5) is 37.4. The zero-order chi connectivity index (χ0) is 24.0. The SMILES string of the molecule is C=CCOC(=O)c1cc2cc(CP(=O)(N[C@@H](C)C(=O)OCCC)N3CCCC3=O)ccc2s1. The second kappa shape index (κ2) is 11.1. The lowest BCUT2D eigenvalue weighted by Gasteiger charge is -2.31. The van der Waals surface area contributed by atoms with Crippen LogP contribution in [0, 0.1) is 0 Å². The minimum atomic E-state index is -3.46. The fourth-order valence-corrected chi connectivity index (χ4v) is 7.27. The van der Waals surface area contributed by atoms with Crippen molar-refractivity contribution in [3.05, 3.63) is 47.4 Å². The van der Waals surface area contributed by atoms with Gasteiger partial charge in [-0.25, -0.2) is 9.88 Å². The summed E-state index contributed by atoms with van der Waals surface area (Å²) in [5, 5.41) is 3.74. The monoisotopic (exact) mass is 492 g/mol. The number of benzene rings is 1. The van der Waals surface area contributed by atoms with Crippen LogP contribution in [0.3, 0.4) is 0 Å². The van der Waals surface area contributed by atoms with Gasteiger partial charge in [0.15, 0.2) is 0 Å². The van der Waals surface area contributed by atoms with E-state index < -0.39 is 25.4 Å². The minimum absolute atomic E-state index is 0.0617. The highest BCUT2D eigenvalue weighted by Gasteiger charge is 2.39. The summed E-state index contributed by atoms with van der Waals surface area (Å²) in [5.74, 6) is -1.12. The number of amides is 1. The Bertz CT molecular complexity index is 1100. The van der Waals surface area contributed by atoms with Crippen molar-refractivity contribution in [1.82, 2.24) is 9.76 Å². The highest BCUT2D eigenvalue weighted by Crippen LogP contribution is 2.51. The maximum Gasteiger partial charge on any atom is 0.348 e. The lowest BCUT2D eigenvalue weighted by Crippen LogP contribution is -2.39. The van der Waals surface area contributed by atoms with Gasteiger partial charge < -0.3 is 9.47 Å². The van der Waals surface area contributed by atoms with Crippen LogP contribution in [-0.2, 0) is 29.8 Å². The molecule has 1 N–H and O–H groups in total. The molecule has 1 saturated heterocycles. The van der Waals surface area contributed by atoms with E-state index >= 15 is 0 Å². The van der Waals surface area contributed by atoms with Gasteiger partial charge in [0.1, 0.15) is 17.5 Å². The molecular formula is C23H29N2O6PS. The van der Waals surface area contributed by atoms with Crippen molar-refractivity contribution >= 4 is 46.7 Å². The number of hydrogen-bond acceptors (Lipinski definition) is 7. The fraction of sp³-hybridized carbons (Fsp3) is 0.435. The second-order valence-electron chi connectivity index (χ2n) is 7.87. The molecule has 1 fully saturated rings. The molecule has 1 aliphatic rings. The molecule has 1 amide bonds. The molecule has 178 valence electrons. The van der Waals surface area contributed by atoms with Crippen LogP contribution >= 0.6 is 18.8 Å². The standard InChI is InChI=1S/C23H29N2O6PS/c1-4-11-30-22(27)16(3)24-32(29,25-10-6-7-21(25)26)15-17-8-9-19-18(13-17)14-20(33-19)23(28)31-12-5-2/h5,8-9,13-14,16H,2,4,6-7,10-12,15H2,1,3H3,(H,24,29)/t16-,32?/m0/s1. The summed E-state index contributed by atoms with van der Waals surface area (Å²) in [7, 11) is -3.46. The normalized spacial score (nSPS) is 16.4. The molecule has 1 aromatic carbocycles. The van der Waals surface area contributed by atoms with Gasteiger partial charge >= 0.3 is 11.9 Å². The average Bonchev–Trinajstić information content (AvgIpc) is 3.41. The lowest BCUT2D eigenvalue weighted by molar-refractivity contribution is -0.145. The molecule has 0 spiro atoms. The van der Waals surface area contributed by atoms with Gasteiger partial charge in [-0.3, -0.25) is 18.8 Å². The topological polar surface area (TPSA) is 102 Å². The van der Waals surface area contributed by atoms with E-state index in [1.165, 1.54) is 22.1 Å². The number of carbonyl (C=O) groups excluding carboxylic acids is 3. The first-order valence-corrected chi connectivity index (χ1v) is 13.6. The molecule has 0 aliphatic carbocycles. The van der Waals surface area contributed by atoms with Crippen molar-refractivity contribution in [3.8, 4) is 0 Å². The van der Waals surface area contributed by atoms with E-state index in [9.17, 15) is 18.9 Å². The van der Waals surface area contributed by atoms with Crippen LogP contribution in [0.15, 0.2) is 36.9 Å². The van der Waals surface area contributed by atoms with E-state index in [4.69, 9.17) is 9.47 Å². The molecule has 3 rings (SSSR count). The van der Waals surface area contributed by atoms with Gasteiger partial charge in [0.25, 0.3) is 0 Å². The van der Waals surface area contributed by atoms with Gasteiger partial charge in [-0.15, -0.1) is 11.3 Å². The Balaban J connectivity index is 1.85. The van der Waals surface area contributed by atoms with E-state index in [0.29, 0.717) is 30.7 Å². The van der Waals surface area contributed by atoms with Crippen LogP contribution in [0.4, 0.5) is 0 Å². The summed E-state index contributed by atoms with van der Waals surface area (Å²) in [6, 6.07) is 6.44. The molecule has 2 atom stereocenters. The van der Waals surface area contributed by atoms with E-state index in [1.54, 1.807) is 13.0 Å². The fourth-order valence-electron chi connectivity index (χ4n) is 3.60. The van der Waals surface area contributed by atoms with Crippen LogP contribution < -0.4 is 5.09 Å². The van der Waals surface area contributed by atoms with E-state index in [-0.39, 0.29) is 25.3 Å². The van der Waals surface area contributed by atoms with Gasteiger partial charge in [0, 0.05) is 17.7 Å². The molecule has 0 saturated carbocycles. The van der Waals surface area contributed by atoms with Gasteiger partial charge in [0.2, 0.25) is 13.4 Å². The molecule has 1 aliphatic heterocycles. The first-order chi connectivity index (χ1) is 15.8. The highest BCUT2D eigenvalue weighted by atomic mass is 32.1. The number of fused-ring (bicyclic) bond motifs is 1. The predicted octanol–water partition coefficient (Wildman–Crippen LogP) is 4.49. The van der Waals surface area contributed by atoms with Gasteiger partial charge in [-0.05, 0) is 48.9 Å². The maximum absolute atomic E-state index is 14.1. The predicted molar refractivity (Wildman–Crippen MR) is 128 cm³/mol. The van der Waals surface area contributed by atoms with Crippen molar-refractivity contribution in [2.75, 3.05) is 19.8 Å². The minimum Gasteiger partial charge on any atom is -0.465 e. The van der Waals surface area contributed by atoms with Crippen LogP contribution in [0.2, 0.25) is 0 Å². The summed E-state index contributed by atoms with van der Waals surface area (Å²) in [6.45, 7) is 7.81. The van der Waals surface area contributed by atoms with Crippen LogP contribution in [-0.4, -0.2) is 48.3 Å². The number of rotatable bonds is 11. The molecular weight excluding hydrogens is 463 g/mol. The molecule has 1 unspecified atom stereocenters. The van der Waals surface area contributed by atoms with Gasteiger partial charge in [-0.2, -0.15) is 0 Å². The third-order valence-corrected chi connectivity index (χ3v) is 9.03. The van der Waals surface area contributed by atoms with E-state index in [1.807, 2.05) is 25.1 Å². The lowest BCUT2D eigenvalue weighted by atomic mass is 10.2. The Morgan fingerprint density at radius 1 is 1.33 bits per heavy atom. The largest absolute Gasteiger partial charge is 0.465 e. The van der Waals surface area contributed by atoms with Crippen molar-refractivity contribution in [2.24, 2.45) is 0 Å². The summed E-state index contributed by atoms with van der Waals surface area (Å²) < 4.78 is 26.6. The third kappa shape index (κ3) is 6.10. The molecule has 8 nitrogen and oxygen atoms in total. The second-order valence-corrected chi connectivity index (χ2v) is 11.4. The molecule has 33 heavy (non-hydrogen) atoms. The van der Waals surface area contributed by atoms with E-state index in [0.717, 1.165) is 15.6 Å². The number of hydrogen-bond donors (Lipinski definition) is 1. The number of ether oxygens (including phenoxy) is 2. The van der Waals surface area contributed by atoms with Crippen molar-refractivity contribution in [1.29, 1.82) is 0 Å². The van der Waals surface area contributed by atoms with Crippen LogP contribution in [0.25, 0.3) is 10.1 Å².